The van der Waals surface area contributed by atoms with Gasteiger partial charge in [-0.15, -0.1) is 34.5 Å². The quantitative estimate of drug-likeness (QED) is 0.366. The molecule has 0 aliphatic heterocycles. The van der Waals surface area contributed by atoms with Crippen molar-refractivity contribution in [1.82, 2.24) is 0 Å². The summed E-state index contributed by atoms with van der Waals surface area (Å²) in [6.45, 7) is 2.17. The monoisotopic (exact) mass is 509 g/mol. The fourth-order valence-corrected chi connectivity index (χ4v) is 4.35. The number of rotatable bonds is 3. The Morgan fingerprint density at radius 3 is 2.27 bits per heavy atom. The molecule has 149 valence electrons. The number of fused-ring (bicyclic) bond motifs is 2. The molecule has 1 aliphatic rings. The Balaban J connectivity index is 0.00000107. The van der Waals surface area contributed by atoms with Crippen LogP contribution in [0.25, 0.3) is 22.4 Å². The van der Waals surface area contributed by atoms with E-state index in [1.807, 2.05) is 12.1 Å². The molecule has 0 amide bonds. The van der Waals surface area contributed by atoms with Crippen molar-refractivity contribution in [3.05, 3.63) is 107 Å². The minimum atomic E-state index is 0. The summed E-state index contributed by atoms with van der Waals surface area (Å²) in [4.78, 5) is 0. The predicted octanol–water partition coefficient (Wildman–Crippen LogP) is 0.567. The minimum Gasteiger partial charge on any atom is -1.00 e. The van der Waals surface area contributed by atoms with E-state index in [1.54, 1.807) is 7.11 Å². The Morgan fingerprint density at radius 1 is 0.833 bits per heavy atom. The van der Waals surface area contributed by atoms with E-state index in [-0.39, 0.29) is 56.9 Å². The second-order valence-corrected chi connectivity index (χ2v) is 7.27. The van der Waals surface area contributed by atoms with Gasteiger partial charge < -0.3 is 29.6 Å². The molecule has 4 heteroatoms. The van der Waals surface area contributed by atoms with Crippen molar-refractivity contribution in [1.29, 1.82) is 0 Å². The van der Waals surface area contributed by atoms with Gasteiger partial charge in [0.05, 0.1) is 7.11 Å². The van der Waals surface area contributed by atoms with E-state index in [4.69, 9.17) is 4.74 Å². The van der Waals surface area contributed by atoms with Crippen molar-refractivity contribution in [3.8, 4) is 5.75 Å². The SMILES string of the molecule is COc1ccc(C2=Cc3ccccc3C2c2cccc3[cH-]c(C)cc23)cc1.[Cl-].[Cl-].[Zr+3]. The summed E-state index contributed by atoms with van der Waals surface area (Å²) >= 11 is 0. The van der Waals surface area contributed by atoms with Gasteiger partial charge >= 0.3 is 26.2 Å². The number of hydrogen-bond donors (Lipinski definition) is 0. The molecule has 0 saturated carbocycles. The Morgan fingerprint density at radius 2 is 1.53 bits per heavy atom. The third-order valence-electron chi connectivity index (χ3n) is 5.59. The average Bonchev–Trinajstić information content (AvgIpc) is 3.27. The number of benzene rings is 3. The van der Waals surface area contributed by atoms with E-state index in [2.05, 4.69) is 79.7 Å². The van der Waals surface area contributed by atoms with Crippen molar-refractivity contribution >= 4 is 22.4 Å². The van der Waals surface area contributed by atoms with Gasteiger partial charge in [0.25, 0.3) is 0 Å². The van der Waals surface area contributed by atoms with Crippen LogP contribution >= 0.6 is 0 Å². The molecule has 1 nitrogen and oxygen atoms in total. The van der Waals surface area contributed by atoms with Gasteiger partial charge in [-0.3, -0.25) is 0 Å². The number of allylic oxidation sites excluding steroid dienone is 1. The summed E-state index contributed by atoms with van der Waals surface area (Å²) in [5, 5.41) is 2.68. The van der Waals surface area contributed by atoms with Crippen molar-refractivity contribution in [2.75, 3.05) is 7.11 Å². The Bertz CT molecular complexity index is 1180. The van der Waals surface area contributed by atoms with Crippen LogP contribution in [0.1, 0.15) is 33.7 Å². The van der Waals surface area contributed by atoms with Crippen LogP contribution in [-0.2, 0) is 26.2 Å². The molecule has 1 atom stereocenters. The first-order valence-electron chi connectivity index (χ1n) is 9.35. The van der Waals surface area contributed by atoms with Crippen LogP contribution in [-0.4, -0.2) is 7.11 Å². The van der Waals surface area contributed by atoms with Gasteiger partial charge in [0, 0.05) is 5.92 Å². The Hall–Kier alpha value is -1.73. The molecule has 5 rings (SSSR count). The van der Waals surface area contributed by atoms with Gasteiger partial charge in [0.15, 0.2) is 0 Å². The molecular formula is C26H21Cl2OZr. The van der Waals surface area contributed by atoms with E-state index in [1.165, 1.54) is 44.2 Å². The molecule has 4 aromatic carbocycles. The van der Waals surface area contributed by atoms with E-state index >= 15 is 0 Å². The van der Waals surface area contributed by atoms with Crippen LogP contribution in [0.3, 0.4) is 0 Å². The maximum Gasteiger partial charge on any atom is 3.00 e. The standard InChI is InChI=1S/C26H21O.2ClH.Zr/c1-17-14-19-7-5-9-23(24(19)15-17)26-22-8-4-3-6-20(22)16-25(26)18-10-12-21(27-2)13-11-18;;;/h3-16,26H,1-2H3;2*1H;/q-1;;;+3/p-2. The summed E-state index contributed by atoms with van der Waals surface area (Å²) in [7, 11) is 1.71. The van der Waals surface area contributed by atoms with E-state index in [9.17, 15) is 0 Å². The number of halogens is 2. The zero-order chi connectivity index (χ0) is 18.4. The zero-order valence-electron chi connectivity index (χ0n) is 16.8. The maximum absolute atomic E-state index is 5.35. The van der Waals surface area contributed by atoms with Crippen LogP contribution in [0.2, 0.25) is 0 Å². The van der Waals surface area contributed by atoms with E-state index in [0.29, 0.717) is 0 Å². The molecule has 1 unspecified atom stereocenters. The van der Waals surface area contributed by atoms with Crippen molar-refractivity contribution < 1.29 is 55.8 Å². The first-order chi connectivity index (χ1) is 13.2. The van der Waals surface area contributed by atoms with Gasteiger partial charge in [-0.05, 0) is 40.5 Å². The first-order valence-corrected chi connectivity index (χ1v) is 9.35. The third kappa shape index (κ3) is 4.19. The predicted molar refractivity (Wildman–Crippen MR) is 113 cm³/mol. The molecule has 0 fully saturated rings. The molecule has 0 saturated heterocycles. The smallest absolute Gasteiger partial charge is 1.00 e. The van der Waals surface area contributed by atoms with Crippen molar-refractivity contribution in [2.45, 2.75) is 12.8 Å². The van der Waals surface area contributed by atoms with Crippen LogP contribution in [0.5, 0.6) is 5.75 Å². The molecule has 0 spiro atoms. The van der Waals surface area contributed by atoms with Gasteiger partial charge in [-0.2, -0.15) is 6.07 Å². The van der Waals surface area contributed by atoms with Crippen LogP contribution in [0.15, 0.2) is 78.9 Å². The van der Waals surface area contributed by atoms with Crippen LogP contribution in [0.4, 0.5) is 0 Å². The molecule has 0 bridgehead atoms. The van der Waals surface area contributed by atoms with E-state index < -0.39 is 0 Å². The summed E-state index contributed by atoms with van der Waals surface area (Å²) in [5.74, 6) is 1.14. The molecule has 1 aliphatic carbocycles. The van der Waals surface area contributed by atoms with Crippen molar-refractivity contribution in [2.24, 2.45) is 0 Å². The zero-order valence-corrected chi connectivity index (χ0v) is 20.8. The first kappa shape index (κ1) is 24.5. The summed E-state index contributed by atoms with van der Waals surface area (Å²) < 4.78 is 5.35. The van der Waals surface area contributed by atoms with Gasteiger partial charge in [0.2, 0.25) is 0 Å². The normalized spacial score (nSPS) is 14.1. The second-order valence-electron chi connectivity index (χ2n) is 7.27. The largest absolute Gasteiger partial charge is 3.00 e. The molecule has 4 aromatic rings. The Kier molecular flexibility index (Phi) is 8.22. The van der Waals surface area contributed by atoms with Crippen LogP contribution in [0, 0.1) is 6.92 Å². The van der Waals surface area contributed by atoms with Gasteiger partial charge in [-0.25, -0.2) is 0 Å². The summed E-state index contributed by atoms with van der Waals surface area (Å²) in [6, 6.07) is 28.4. The average molecular weight is 512 g/mol. The third-order valence-corrected chi connectivity index (χ3v) is 5.59. The topological polar surface area (TPSA) is 9.23 Å². The molecular weight excluding hydrogens is 490 g/mol. The maximum atomic E-state index is 5.35. The second kappa shape index (κ2) is 10.1. The fraction of sp³-hybridized carbons (Fsp3) is 0.115. The molecule has 30 heavy (non-hydrogen) atoms. The minimum absolute atomic E-state index is 0. The summed E-state index contributed by atoms with van der Waals surface area (Å²) in [6.07, 6.45) is 2.34. The van der Waals surface area contributed by atoms with Gasteiger partial charge in [-0.1, -0.05) is 55.0 Å². The number of aryl methyl sites for hydroxylation is 1. The molecule has 0 aromatic heterocycles. The summed E-state index contributed by atoms with van der Waals surface area (Å²) in [5.41, 5.74) is 8.00. The van der Waals surface area contributed by atoms with E-state index in [0.717, 1.165) is 5.75 Å². The van der Waals surface area contributed by atoms with Gasteiger partial charge in [0.1, 0.15) is 5.75 Å². The molecule has 1 radical (unpaired) electrons. The van der Waals surface area contributed by atoms with Crippen LogP contribution < -0.4 is 29.6 Å². The fourth-order valence-electron chi connectivity index (χ4n) is 4.35. The van der Waals surface area contributed by atoms with Crippen molar-refractivity contribution in [3.63, 3.8) is 0 Å². The number of hydrogen-bond acceptors (Lipinski definition) is 1. The number of methoxy groups -OCH3 is 1. The molecule has 0 N–H and O–H groups in total. The number of ether oxygens (including phenoxy) is 1. The molecule has 0 heterocycles. The Labute approximate surface area is 209 Å².